The van der Waals surface area contributed by atoms with Gasteiger partial charge in [-0.25, -0.2) is 9.97 Å². The van der Waals surface area contributed by atoms with E-state index in [2.05, 4.69) is 15.3 Å². The molecule has 0 aliphatic carbocycles. The van der Waals surface area contributed by atoms with Crippen LogP contribution in [0.1, 0.15) is 4.88 Å². The molecule has 6 nitrogen and oxygen atoms in total. The first-order chi connectivity index (χ1) is 10.1. The van der Waals surface area contributed by atoms with Gasteiger partial charge in [0.25, 0.3) is 5.69 Å². The molecule has 3 rings (SSSR count). The summed E-state index contributed by atoms with van der Waals surface area (Å²) in [6.07, 6.45) is 1.43. The van der Waals surface area contributed by atoms with Gasteiger partial charge in [0.15, 0.2) is 0 Å². The van der Waals surface area contributed by atoms with E-state index in [-0.39, 0.29) is 5.69 Å². The Morgan fingerprint density at radius 3 is 2.86 bits per heavy atom. The highest BCUT2D eigenvalue weighted by Gasteiger charge is 2.10. The molecule has 2 aromatic heterocycles. The predicted molar refractivity (Wildman–Crippen MR) is 82.8 cm³/mol. The van der Waals surface area contributed by atoms with E-state index in [1.165, 1.54) is 29.8 Å². The lowest BCUT2D eigenvalue weighted by molar-refractivity contribution is -0.384. The molecule has 0 saturated heterocycles. The maximum Gasteiger partial charge on any atom is 0.270 e. The van der Waals surface area contributed by atoms with Gasteiger partial charge < -0.3 is 5.32 Å². The van der Waals surface area contributed by atoms with Crippen molar-refractivity contribution in [3.8, 4) is 0 Å². The van der Waals surface area contributed by atoms with Gasteiger partial charge in [-0.2, -0.15) is 0 Å². The van der Waals surface area contributed by atoms with E-state index in [9.17, 15) is 10.1 Å². The van der Waals surface area contributed by atoms with E-state index in [0.29, 0.717) is 23.3 Å². The summed E-state index contributed by atoms with van der Waals surface area (Å²) < 4.78 is 0.718. The Morgan fingerprint density at radius 1 is 1.29 bits per heavy atom. The Kier molecular flexibility index (Phi) is 3.68. The minimum absolute atomic E-state index is 0.0134. The SMILES string of the molecule is O=[N+]([O-])c1ccc2ncnc(NCc3ccc(Cl)s3)c2c1. The fraction of sp³-hybridized carbons (Fsp3) is 0.0769. The number of anilines is 1. The normalized spacial score (nSPS) is 10.7. The van der Waals surface area contributed by atoms with Crippen LogP contribution in [0.15, 0.2) is 36.7 Å². The first-order valence-corrected chi connectivity index (χ1v) is 7.20. The molecule has 0 amide bonds. The van der Waals surface area contributed by atoms with Crippen molar-refractivity contribution < 1.29 is 4.92 Å². The molecule has 0 saturated carbocycles. The van der Waals surface area contributed by atoms with Gasteiger partial charge in [0.05, 0.1) is 21.3 Å². The topological polar surface area (TPSA) is 81.0 Å². The summed E-state index contributed by atoms with van der Waals surface area (Å²) in [5, 5.41) is 14.7. The third kappa shape index (κ3) is 2.93. The molecule has 2 heterocycles. The van der Waals surface area contributed by atoms with Gasteiger partial charge in [-0.05, 0) is 18.2 Å². The number of nitrogens with zero attached hydrogens (tertiary/aromatic N) is 3. The molecule has 8 heteroatoms. The number of aromatic nitrogens is 2. The van der Waals surface area contributed by atoms with Crippen LogP contribution in [0.25, 0.3) is 10.9 Å². The van der Waals surface area contributed by atoms with Crippen molar-refractivity contribution in [2.24, 2.45) is 0 Å². The lowest BCUT2D eigenvalue weighted by Gasteiger charge is -2.07. The van der Waals surface area contributed by atoms with Crippen LogP contribution in [0.4, 0.5) is 11.5 Å². The highest BCUT2D eigenvalue weighted by Crippen LogP contribution is 2.26. The molecule has 0 atom stereocenters. The minimum atomic E-state index is -0.435. The molecule has 3 aromatic rings. The second-order valence-electron chi connectivity index (χ2n) is 4.24. The molecule has 0 spiro atoms. The number of hydrogen-bond acceptors (Lipinski definition) is 6. The maximum atomic E-state index is 10.9. The van der Waals surface area contributed by atoms with Crippen LogP contribution in [0.2, 0.25) is 4.34 Å². The van der Waals surface area contributed by atoms with Crippen molar-refractivity contribution in [1.82, 2.24) is 9.97 Å². The number of halogens is 1. The molecule has 21 heavy (non-hydrogen) atoms. The van der Waals surface area contributed by atoms with Crippen LogP contribution in [-0.2, 0) is 6.54 Å². The summed E-state index contributed by atoms with van der Waals surface area (Å²) in [4.78, 5) is 19.8. The zero-order valence-electron chi connectivity index (χ0n) is 10.6. The third-order valence-corrected chi connectivity index (χ3v) is 4.12. The number of benzene rings is 1. The van der Waals surface area contributed by atoms with Gasteiger partial charge in [0.1, 0.15) is 12.1 Å². The average molecular weight is 321 g/mol. The van der Waals surface area contributed by atoms with Gasteiger partial charge in [-0.1, -0.05) is 11.6 Å². The summed E-state index contributed by atoms with van der Waals surface area (Å²) in [5.41, 5.74) is 0.668. The largest absolute Gasteiger partial charge is 0.365 e. The number of fused-ring (bicyclic) bond motifs is 1. The smallest absolute Gasteiger partial charge is 0.270 e. The molecular formula is C13H9ClN4O2S. The first-order valence-electron chi connectivity index (χ1n) is 6.01. The van der Waals surface area contributed by atoms with Crippen LogP contribution in [-0.4, -0.2) is 14.9 Å². The number of thiophene rings is 1. The molecule has 0 fully saturated rings. The zero-order valence-corrected chi connectivity index (χ0v) is 12.2. The number of nitro benzene ring substituents is 1. The summed E-state index contributed by atoms with van der Waals surface area (Å²) in [6, 6.07) is 8.26. The predicted octanol–water partition coefficient (Wildman–Crippen LogP) is 3.87. The van der Waals surface area contributed by atoms with E-state index in [1.807, 2.05) is 12.1 Å². The summed E-state index contributed by atoms with van der Waals surface area (Å²) in [5.74, 6) is 0.563. The Morgan fingerprint density at radius 2 is 2.14 bits per heavy atom. The van der Waals surface area contributed by atoms with E-state index in [1.54, 1.807) is 6.07 Å². The van der Waals surface area contributed by atoms with Crippen LogP contribution in [0.5, 0.6) is 0 Å². The van der Waals surface area contributed by atoms with Crippen molar-refractivity contribution in [3.63, 3.8) is 0 Å². The molecule has 1 aromatic carbocycles. The van der Waals surface area contributed by atoms with E-state index < -0.39 is 4.92 Å². The molecule has 0 aliphatic heterocycles. The molecule has 0 aliphatic rings. The van der Waals surface area contributed by atoms with Crippen molar-refractivity contribution >= 4 is 45.3 Å². The lowest BCUT2D eigenvalue weighted by atomic mass is 10.2. The maximum absolute atomic E-state index is 10.9. The highest BCUT2D eigenvalue weighted by molar-refractivity contribution is 7.16. The number of nitro groups is 1. The first kappa shape index (κ1) is 13.7. The molecule has 0 radical (unpaired) electrons. The molecule has 0 bridgehead atoms. The molecule has 1 N–H and O–H groups in total. The van der Waals surface area contributed by atoms with Crippen LogP contribution >= 0.6 is 22.9 Å². The van der Waals surface area contributed by atoms with Gasteiger partial charge in [0, 0.05) is 22.4 Å². The van der Waals surface area contributed by atoms with Gasteiger partial charge >= 0.3 is 0 Å². The van der Waals surface area contributed by atoms with Crippen LogP contribution in [0.3, 0.4) is 0 Å². The molecular weight excluding hydrogens is 312 g/mol. The molecule has 106 valence electrons. The second-order valence-corrected chi connectivity index (χ2v) is 6.04. The standard InChI is InChI=1S/C13H9ClN4O2S/c14-12-4-2-9(21-12)6-15-13-10-5-8(18(19)20)1-3-11(10)16-7-17-13/h1-5,7H,6H2,(H,15,16,17). The summed E-state index contributed by atoms with van der Waals surface area (Å²) in [7, 11) is 0. The minimum Gasteiger partial charge on any atom is -0.365 e. The third-order valence-electron chi connectivity index (χ3n) is 2.89. The highest BCUT2D eigenvalue weighted by atomic mass is 35.5. The second kappa shape index (κ2) is 5.63. The van der Waals surface area contributed by atoms with Crippen molar-refractivity contribution in [2.45, 2.75) is 6.54 Å². The van der Waals surface area contributed by atoms with Crippen LogP contribution < -0.4 is 5.32 Å². The van der Waals surface area contributed by atoms with E-state index >= 15 is 0 Å². The molecule has 0 unspecified atom stereocenters. The Bertz CT molecular complexity index is 821. The number of rotatable bonds is 4. The fourth-order valence-corrected chi connectivity index (χ4v) is 2.94. The van der Waals surface area contributed by atoms with Crippen LogP contribution in [0, 0.1) is 10.1 Å². The summed E-state index contributed by atoms with van der Waals surface area (Å²) >= 11 is 7.35. The number of hydrogen-bond donors (Lipinski definition) is 1. The fourth-order valence-electron chi connectivity index (χ4n) is 1.92. The Labute approximate surface area is 128 Å². The van der Waals surface area contributed by atoms with E-state index in [0.717, 1.165) is 9.21 Å². The average Bonchev–Trinajstić information content (AvgIpc) is 2.90. The van der Waals surface area contributed by atoms with Crippen molar-refractivity contribution in [2.75, 3.05) is 5.32 Å². The monoisotopic (exact) mass is 320 g/mol. The lowest BCUT2D eigenvalue weighted by Crippen LogP contribution is -2.01. The Hall–Kier alpha value is -2.25. The quantitative estimate of drug-likeness (QED) is 0.583. The van der Waals surface area contributed by atoms with Crippen molar-refractivity contribution in [1.29, 1.82) is 0 Å². The van der Waals surface area contributed by atoms with Gasteiger partial charge in [0.2, 0.25) is 0 Å². The van der Waals surface area contributed by atoms with E-state index in [4.69, 9.17) is 11.6 Å². The summed E-state index contributed by atoms with van der Waals surface area (Å²) in [6.45, 7) is 0.548. The number of non-ortho nitro benzene ring substituents is 1. The zero-order chi connectivity index (χ0) is 14.8. The van der Waals surface area contributed by atoms with Gasteiger partial charge in [-0.3, -0.25) is 10.1 Å². The van der Waals surface area contributed by atoms with Gasteiger partial charge in [-0.15, -0.1) is 11.3 Å². The Balaban J connectivity index is 1.93. The number of nitrogens with one attached hydrogen (secondary N) is 1. The van der Waals surface area contributed by atoms with Crippen molar-refractivity contribution in [3.05, 3.63) is 56.0 Å².